The molecule has 0 saturated heterocycles. The smallest absolute Gasteiger partial charge is 0.328 e. The van der Waals surface area contributed by atoms with Gasteiger partial charge < -0.3 is 26.3 Å². The summed E-state index contributed by atoms with van der Waals surface area (Å²) >= 11 is 0. The van der Waals surface area contributed by atoms with E-state index in [1.54, 1.807) is 44.3 Å². The number of aromatic nitrogens is 3. The summed E-state index contributed by atoms with van der Waals surface area (Å²) in [5.41, 5.74) is 14.9. The molecule has 2 heterocycles. The molecule has 1 atom stereocenters. The molecule has 0 fully saturated rings. The van der Waals surface area contributed by atoms with E-state index in [4.69, 9.17) is 20.9 Å². The van der Waals surface area contributed by atoms with Crippen molar-refractivity contribution in [2.75, 3.05) is 24.7 Å². The Kier molecular flexibility index (Phi) is 9.09. The van der Waals surface area contributed by atoms with E-state index in [2.05, 4.69) is 20.3 Å². The fraction of sp³-hybridized carbons (Fsp3) is 0.308. The average molecular weight is 507 g/mol. The quantitative estimate of drug-likeness (QED) is 0.347. The first kappa shape index (κ1) is 27.1. The molecular weight excluding hydrogens is 476 g/mol. The molecule has 3 aromatic rings. The molecule has 0 radical (unpaired) electrons. The Morgan fingerprint density at radius 2 is 1.73 bits per heavy atom. The highest BCUT2D eigenvalue weighted by Gasteiger charge is 2.24. The maximum atomic E-state index is 12.8. The summed E-state index contributed by atoms with van der Waals surface area (Å²) in [6.45, 7) is 5.69. The first-order valence-corrected chi connectivity index (χ1v) is 11.8. The van der Waals surface area contributed by atoms with Crippen LogP contribution in [0.2, 0.25) is 0 Å². The van der Waals surface area contributed by atoms with Crippen molar-refractivity contribution in [2.45, 2.75) is 39.7 Å². The zero-order chi connectivity index (χ0) is 26.9. The van der Waals surface area contributed by atoms with E-state index in [9.17, 15) is 14.4 Å². The number of hydrogen-bond donors (Lipinski definition) is 3. The highest BCUT2D eigenvalue weighted by molar-refractivity contribution is 5.97. The van der Waals surface area contributed by atoms with Crippen LogP contribution in [0.15, 0.2) is 36.5 Å². The van der Waals surface area contributed by atoms with Gasteiger partial charge in [0.05, 0.1) is 18.6 Å². The molecule has 3 rings (SSSR count). The Bertz CT molecular complexity index is 1320. The Morgan fingerprint density at radius 3 is 2.41 bits per heavy atom. The van der Waals surface area contributed by atoms with Gasteiger partial charge in [-0.15, -0.1) is 0 Å². The molecular formula is C26H30N6O5. The van der Waals surface area contributed by atoms with Crippen LogP contribution in [0.5, 0.6) is 0 Å². The molecule has 5 N–H and O–H groups in total. The van der Waals surface area contributed by atoms with Gasteiger partial charge in [-0.25, -0.2) is 9.78 Å². The highest BCUT2D eigenvalue weighted by atomic mass is 16.5. The van der Waals surface area contributed by atoms with Crippen LogP contribution in [0.3, 0.4) is 0 Å². The average Bonchev–Trinajstić information content (AvgIpc) is 2.86. The molecule has 0 aliphatic carbocycles. The lowest BCUT2D eigenvalue weighted by molar-refractivity contribution is -0.146. The minimum atomic E-state index is -0.967. The van der Waals surface area contributed by atoms with Gasteiger partial charge in [0, 0.05) is 18.2 Å². The van der Waals surface area contributed by atoms with Crippen LogP contribution < -0.4 is 16.8 Å². The number of nitrogens with one attached hydrogen (secondary N) is 1. The second-order valence-electron chi connectivity index (χ2n) is 8.13. The Hall–Kier alpha value is -4.54. The molecule has 194 valence electrons. The number of ether oxygens (including phenoxy) is 2. The van der Waals surface area contributed by atoms with Crippen molar-refractivity contribution in [2.24, 2.45) is 0 Å². The van der Waals surface area contributed by atoms with Crippen molar-refractivity contribution in [3.8, 4) is 0 Å². The number of amides is 1. The molecule has 37 heavy (non-hydrogen) atoms. The number of nitrogens with zero attached hydrogens (tertiary/aromatic N) is 3. The summed E-state index contributed by atoms with van der Waals surface area (Å²) in [6.07, 6.45) is 3.66. The first-order valence-electron chi connectivity index (χ1n) is 11.8. The number of carbonyl (C=O) groups excluding carboxylic acids is 3. The first-order chi connectivity index (χ1) is 17.7. The van der Waals surface area contributed by atoms with Crippen molar-refractivity contribution in [3.63, 3.8) is 0 Å². The molecule has 2 aromatic heterocycles. The normalized spacial score (nSPS) is 12.1. The van der Waals surface area contributed by atoms with E-state index in [1.165, 1.54) is 0 Å². The standard InChI is InChI=1S/C26H30N6O5/c1-4-36-21(33)11-10-20(25(35)37-5-2)30-24(34)17-8-6-16(7-9-17)12-15(3)18-13-19-22(27)31-26(28)32-23(19)29-14-18/h6-9,12-14,20H,4-5,10-11H2,1-3H3,(H,30,34)(H4,27,28,29,31,32)/b15-12+/t20-/m0/s1. The van der Waals surface area contributed by atoms with Crippen LogP contribution in [0.25, 0.3) is 22.7 Å². The second kappa shape index (κ2) is 12.4. The van der Waals surface area contributed by atoms with E-state index in [-0.39, 0.29) is 37.8 Å². The number of nitrogens with two attached hydrogens (primary N) is 2. The molecule has 1 aromatic carbocycles. The molecule has 11 nitrogen and oxygen atoms in total. The van der Waals surface area contributed by atoms with Crippen molar-refractivity contribution < 1.29 is 23.9 Å². The second-order valence-corrected chi connectivity index (χ2v) is 8.13. The zero-order valence-corrected chi connectivity index (χ0v) is 21.0. The van der Waals surface area contributed by atoms with Crippen molar-refractivity contribution in [1.29, 1.82) is 0 Å². The maximum Gasteiger partial charge on any atom is 0.328 e. The van der Waals surface area contributed by atoms with Gasteiger partial charge in [0.1, 0.15) is 11.9 Å². The van der Waals surface area contributed by atoms with Crippen LogP contribution in [0, 0.1) is 0 Å². The fourth-order valence-electron chi connectivity index (χ4n) is 3.56. The lowest BCUT2D eigenvalue weighted by Gasteiger charge is -2.17. The molecule has 0 saturated carbocycles. The predicted molar refractivity (Wildman–Crippen MR) is 140 cm³/mol. The van der Waals surface area contributed by atoms with Gasteiger partial charge in [0.2, 0.25) is 5.95 Å². The minimum absolute atomic E-state index is 0.0185. The Morgan fingerprint density at radius 1 is 1.03 bits per heavy atom. The van der Waals surface area contributed by atoms with Gasteiger partial charge in [-0.1, -0.05) is 18.2 Å². The third kappa shape index (κ3) is 7.23. The summed E-state index contributed by atoms with van der Waals surface area (Å²) in [6, 6.07) is 7.73. The van der Waals surface area contributed by atoms with Crippen molar-refractivity contribution in [3.05, 3.63) is 53.2 Å². The number of esters is 2. The predicted octanol–water partition coefficient (Wildman–Crippen LogP) is 2.75. The number of allylic oxidation sites excluding steroid dienone is 1. The van der Waals surface area contributed by atoms with Crippen LogP contribution in [-0.2, 0) is 19.1 Å². The summed E-state index contributed by atoms with van der Waals surface area (Å²) in [5, 5.41) is 3.25. The van der Waals surface area contributed by atoms with Gasteiger partial charge >= 0.3 is 11.9 Å². The number of hydrogen-bond acceptors (Lipinski definition) is 10. The van der Waals surface area contributed by atoms with Crippen molar-refractivity contribution in [1.82, 2.24) is 20.3 Å². The lowest BCUT2D eigenvalue weighted by Crippen LogP contribution is -2.42. The van der Waals surface area contributed by atoms with Crippen LogP contribution in [-0.4, -0.2) is 52.1 Å². The maximum absolute atomic E-state index is 12.8. The number of benzene rings is 1. The van der Waals surface area contributed by atoms with Gasteiger partial charge in [-0.3, -0.25) is 9.59 Å². The van der Waals surface area contributed by atoms with Crippen LogP contribution in [0.4, 0.5) is 11.8 Å². The number of fused-ring (bicyclic) bond motifs is 1. The molecule has 11 heteroatoms. The molecule has 1 amide bonds. The Labute approximate surface area is 214 Å². The van der Waals surface area contributed by atoms with Crippen molar-refractivity contribution >= 4 is 52.3 Å². The summed E-state index contributed by atoms with van der Waals surface area (Å²) in [5.74, 6) is -1.19. The molecule has 0 spiro atoms. The third-order valence-corrected chi connectivity index (χ3v) is 5.43. The molecule has 0 aliphatic heterocycles. The number of rotatable bonds is 10. The Balaban J connectivity index is 1.72. The fourth-order valence-corrected chi connectivity index (χ4v) is 3.56. The van der Waals surface area contributed by atoms with E-state index in [1.807, 2.05) is 19.1 Å². The summed E-state index contributed by atoms with van der Waals surface area (Å²) in [4.78, 5) is 49.1. The summed E-state index contributed by atoms with van der Waals surface area (Å²) in [7, 11) is 0. The lowest BCUT2D eigenvalue weighted by atomic mass is 10.0. The summed E-state index contributed by atoms with van der Waals surface area (Å²) < 4.78 is 9.94. The highest BCUT2D eigenvalue weighted by Crippen LogP contribution is 2.23. The number of carbonyl (C=O) groups is 3. The minimum Gasteiger partial charge on any atom is -0.466 e. The van der Waals surface area contributed by atoms with Gasteiger partial charge in [-0.05, 0) is 62.1 Å². The van der Waals surface area contributed by atoms with Gasteiger partial charge in [-0.2, -0.15) is 9.97 Å². The molecule has 0 bridgehead atoms. The SMILES string of the molecule is CCOC(=O)CC[C@H](NC(=O)c1ccc(/C=C(\C)c2cnc3nc(N)nc(N)c3c2)cc1)C(=O)OCC. The van der Waals surface area contributed by atoms with Gasteiger partial charge in [0.15, 0.2) is 5.65 Å². The van der Waals surface area contributed by atoms with Crippen LogP contribution in [0.1, 0.15) is 55.1 Å². The number of pyridine rings is 1. The third-order valence-electron chi connectivity index (χ3n) is 5.43. The monoisotopic (exact) mass is 506 g/mol. The topological polar surface area (TPSA) is 172 Å². The zero-order valence-electron chi connectivity index (χ0n) is 21.0. The van der Waals surface area contributed by atoms with Crippen LogP contribution >= 0.6 is 0 Å². The number of anilines is 2. The van der Waals surface area contributed by atoms with E-state index in [0.29, 0.717) is 16.6 Å². The van der Waals surface area contributed by atoms with E-state index in [0.717, 1.165) is 16.7 Å². The van der Waals surface area contributed by atoms with E-state index >= 15 is 0 Å². The van der Waals surface area contributed by atoms with Gasteiger partial charge in [0.25, 0.3) is 5.91 Å². The largest absolute Gasteiger partial charge is 0.466 e. The number of nitrogen functional groups attached to an aromatic ring is 2. The van der Waals surface area contributed by atoms with E-state index < -0.39 is 23.9 Å². The molecule has 0 unspecified atom stereocenters. The molecule has 0 aliphatic rings.